The van der Waals surface area contributed by atoms with Crippen LogP contribution in [0.25, 0.3) is 0 Å². The lowest BCUT2D eigenvalue weighted by Crippen LogP contribution is -2.50. The summed E-state index contributed by atoms with van der Waals surface area (Å²) in [4.78, 5) is 26.3. The third-order valence-electron chi connectivity index (χ3n) is 8.57. The first kappa shape index (κ1) is 35.7. The van der Waals surface area contributed by atoms with Gasteiger partial charge in [0.05, 0.1) is 16.4 Å². The van der Waals surface area contributed by atoms with Crippen LogP contribution in [0.3, 0.4) is 0 Å². The van der Waals surface area contributed by atoms with Gasteiger partial charge >= 0.3 is 30.1 Å². The van der Waals surface area contributed by atoms with E-state index in [1.807, 2.05) is 0 Å². The Balaban J connectivity index is 1.77. The van der Waals surface area contributed by atoms with Crippen molar-refractivity contribution in [2.75, 3.05) is 13.1 Å². The summed E-state index contributed by atoms with van der Waals surface area (Å²) in [6, 6.07) is 7.26. The molecule has 2 aromatic carbocycles. The molecule has 1 unspecified atom stereocenters. The number of alkyl halides is 7. The maximum atomic E-state index is 14.8. The number of benzene rings is 2. The number of carbonyl (C=O) groups excluding carboxylic acids is 2. The van der Waals surface area contributed by atoms with Gasteiger partial charge in [-0.05, 0) is 56.4 Å². The van der Waals surface area contributed by atoms with E-state index in [4.69, 9.17) is 4.74 Å². The Morgan fingerprint density at radius 1 is 0.935 bits per heavy atom. The van der Waals surface area contributed by atoms with E-state index in [1.54, 1.807) is 6.07 Å². The van der Waals surface area contributed by atoms with Crippen LogP contribution in [0, 0.1) is 5.92 Å². The topological polar surface area (TPSA) is 101 Å². The molecule has 1 saturated carbocycles. The molecule has 2 aromatic rings. The normalized spacial score (nSPS) is 20.5. The highest BCUT2D eigenvalue weighted by Gasteiger charge is 2.73. The van der Waals surface area contributed by atoms with Crippen LogP contribution in [0.15, 0.2) is 53.4 Å². The minimum atomic E-state index is -6.38. The van der Waals surface area contributed by atoms with Crippen molar-refractivity contribution in [1.82, 2.24) is 4.90 Å². The molecule has 1 saturated heterocycles. The number of hydrogen-bond donors (Lipinski definition) is 1. The highest BCUT2D eigenvalue weighted by molar-refractivity contribution is 7.92. The largest absolute Gasteiger partial charge is 0.435 e. The van der Waals surface area contributed by atoms with Crippen molar-refractivity contribution in [3.8, 4) is 0 Å². The van der Waals surface area contributed by atoms with E-state index in [9.17, 15) is 53.8 Å². The van der Waals surface area contributed by atoms with Crippen molar-refractivity contribution >= 4 is 21.9 Å². The van der Waals surface area contributed by atoms with Gasteiger partial charge in [0.25, 0.3) is 0 Å². The molecular weight excluding hydrogens is 647 g/mol. The predicted molar refractivity (Wildman–Crippen MR) is 151 cm³/mol. The third-order valence-corrected chi connectivity index (χ3v) is 11.0. The first-order chi connectivity index (χ1) is 21.1. The van der Waals surface area contributed by atoms with E-state index in [1.165, 1.54) is 32.0 Å². The van der Waals surface area contributed by atoms with Gasteiger partial charge in [-0.2, -0.15) is 26.3 Å². The standard InChI is InChI=1S/C31H34F7NO6S/c1-27(2,42)18-20-7-6-10-24(17-20)46(43,44)28(15-16-39(19-28)26(41)45-25(40)21-8-4-3-5-9-21)22-11-13-23(14-12-22)29(32,30(33,34)35)31(36,37)38/h6-7,10-14,17,21,42H,3-5,8-9,15-16,18-19H2,1-2H3. The van der Waals surface area contributed by atoms with Crippen LogP contribution in [-0.4, -0.2) is 61.5 Å². The van der Waals surface area contributed by atoms with Crippen LogP contribution in [0.5, 0.6) is 0 Å². The van der Waals surface area contributed by atoms with Crippen LogP contribution in [0.4, 0.5) is 35.5 Å². The second kappa shape index (κ2) is 12.4. The first-order valence-corrected chi connectivity index (χ1v) is 16.1. The molecule has 7 nitrogen and oxygen atoms in total. The Morgan fingerprint density at radius 2 is 1.52 bits per heavy atom. The number of rotatable bonds is 7. The summed E-state index contributed by atoms with van der Waals surface area (Å²) in [6.45, 7) is 2.04. The summed E-state index contributed by atoms with van der Waals surface area (Å²) in [6.07, 6.45) is -10.7. The monoisotopic (exact) mass is 681 g/mol. The first-order valence-electron chi connectivity index (χ1n) is 14.6. The van der Waals surface area contributed by atoms with E-state index in [-0.39, 0.29) is 42.0 Å². The molecule has 1 atom stereocenters. The summed E-state index contributed by atoms with van der Waals surface area (Å²) >= 11 is 0. The van der Waals surface area contributed by atoms with Gasteiger partial charge in [0.2, 0.25) is 0 Å². The molecule has 254 valence electrons. The van der Waals surface area contributed by atoms with Gasteiger partial charge in [-0.15, -0.1) is 0 Å². The van der Waals surface area contributed by atoms with Crippen molar-refractivity contribution in [3.63, 3.8) is 0 Å². The van der Waals surface area contributed by atoms with Crippen molar-refractivity contribution < 1.29 is 58.6 Å². The Labute approximate surface area is 261 Å². The molecule has 4 rings (SSSR count). The molecule has 15 heteroatoms. The van der Waals surface area contributed by atoms with E-state index >= 15 is 0 Å². The van der Waals surface area contributed by atoms with Crippen LogP contribution < -0.4 is 0 Å². The number of esters is 1. The van der Waals surface area contributed by atoms with Gasteiger partial charge in [-0.1, -0.05) is 55.7 Å². The molecule has 2 fully saturated rings. The van der Waals surface area contributed by atoms with Crippen molar-refractivity contribution in [2.24, 2.45) is 5.92 Å². The number of amides is 1. The molecule has 2 aliphatic rings. The number of ether oxygens (including phenoxy) is 1. The van der Waals surface area contributed by atoms with E-state index in [0.29, 0.717) is 30.5 Å². The number of nitrogens with zero attached hydrogens (tertiary/aromatic N) is 1. The molecule has 1 amide bonds. The number of aliphatic hydroxyl groups is 1. The predicted octanol–water partition coefficient (Wildman–Crippen LogP) is 6.91. The van der Waals surface area contributed by atoms with Crippen LogP contribution in [-0.2, 0) is 36.2 Å². The smallest absolute Gasteiger partial charge is 0.390 e. The average molecular weight is 682 g/mol. The number of carbonyl (C=O) groups is 2. The molecule has 1 heterocycles. The summed E-state index contributed by atoms with van der Waals surface area (Å²) < 4.78 is 127. The molecular formula is C31H34F7NO6S. The van der Waals surface area contributed by atoms with Crippen LogP contribution in [0.1, 0.15) is 69.1 Å². The fourth-order valence-corrected chi connectivity index (χ4v) is 8.31. The molecule has 0 radical (unpaired) electrons. The van der Waals surface area contributed by atoms with E-state index in [2.05, 4.69) is 0 Å². The summed E-state index contributed by atoms with van der Waals surface area (Å²) in [5.41, 5.74) is -8.66. The Kier molecular flexibility index (Phi) is 9.64. The molecule has 1 N–H and O–H groups in total. The lowest BCUT2D eigenvalue weighted by Gasteiger charge is -2.32. The number of halogens is 7. The van der Waals surface area contributed by atoms with Crippen LogP contribution >= 0.6 is 0 Å². The molecule has 46 heavy (non-hydrogen) atoms. The minimum Gasteiger partial charge on any atom is -0.390 e. The van der Waals surface area contributed by atoms with E-state index in [0.717, 1.165) is 24.2 Å². The molecule has 0 aromatic heterocycles. The average Bonchev–Trinajstić information content (AvgIpc) is 3.43. The quantitative estimate of drug-likeness (QED) is 0.194. The number of likely N-dealkylation sites (tertiary alicyclic amines) is 1. The summed E-state index contributed by atoms with van der Waals surface area (Å²) in [5, 5.41) is 10.2. The van der Waals surface area contributed by atoms with Gasteiger partial charge in [0.15, 0.2) is 9.84 Å². The summed E-state index contributed by atoms with van der Waals surface area (Å²) in [7, 11) is -4.61. The lowest BCUT2D eigenvalue weighted by molar-refractivity contribution is -0.348. The maximum absolute atomic E-state index is 14.8. The van der Waals surface area contributed by atoms with Gasteiger partial charge in [-0.25, -0.2) is 17.6 Å². The highest BCUT2D eigenvalue weighted by Crippen LogP contribution is 2.54. The van der Waals surface area contributed by atoms with Gasteiger partial charge in [0.1, 0.15) is 4.75 Å². The Bertz CT molecular complexity index is 1530. The molecule has 1 aliphatic carbocycles. The molecule has 1 aliphatic heterocycles. The van der Waals surface area contributed by atoms with Gasteiger partial charge in [-0.3, -0.25) is 4.79 Å². The fraction of sp³-hybridized carbons (Fsp3) is 0.548. The molecule has 0 bridgehead atoms. The van der Waals surface area contributed by atoms with Crippen molar-refractivity contribution in [1.29, 1.82) is 0 Å². The second-order valence-electron chi connectivity index (χ2n) is 12.6. The Hall–Kier alpha value is -3.20. The maximum Gasteiger partial charge on any atom is 0.435 e. The lowest BCUT2D eigenvalue weighted by atomic mass is 9.89. The summed E-state index contributed by atoms with van der Waals surface area (Å²) in [5.74, 6) is -1.28. The zero-order valence-corrected chi connectivity index (χ0v) is 25.9. The van der Waals surface area contributed by atoms with Gasteiger partial charge < -0.3 is 14.7 Å². The fourth-order valence-electron chi connectivity index (χ4n) is 6.16. The minimum absolute atomic E-state index is 0.0350. The zero-order chi connectivity index (χ0) is 34.3. The van der Waals surface area contributed by atoms with Gasteiger partial charge in [0, 0.05) is 25.1 Å². The third kappa shape index (κ3) is 6.76. The number of hydrogen-bond acceptors (Lipinski definition) is 6. The van der Waals surface area contributed by atoms with E-state index < -0.39 is 68.3 Å². The highest BCUT2D eigenvalue weighted by atomic mass is 32.2. The number of sulfone groups is 1. The molecule has 0 spiro atoms. The second-order valence-corrected chi connectivity index (χ2v) is 14.8. The van der Waals surface area contributed by atoms with Crippen LogP contribution in [0.2, 0.25) is 0 Å². The Morgan fingerprint density at radius 3 is 2.07 bits per heavy atom. The SMILES string of the molecule is CC(C)(O)Cc1cccc(S(=O)(=O)C2(c3ccc(C(F)(C(F)(F)F)C(F)(F)F)cc3)CCN(C(=O)OC(=O)C3CCCCC3)C2)c1. The van der Waals surface area contributed by atoms with Crippen molar-refractivity contribution in [2.45, 2.75) is 92.1 Å². The zero-order valence-electron chi connectivity index (χ0n) is 25.0. The van der Waals surface area contributed by atoms with Crippen molar-refractivity contribution in [3.05, 3.63) is 65.2 Å².